The third kappa shape index (κ3) is 2.54. The third-order valence-electron chi connectivity index (χ3n) is 2.46. The molecule has 1 aromatic heterocycles. The first-order valence-corrected chi connectivity index (χ1v) is 6.75. The van der Waals surface area contributed by atoms with Crippen molar-refractivity contribution in [1.29, 1.82) is 0 Å². The molecule has 1 aromatic carbocycles. The highest BCUT2D eigenvalue weighted by Crippen LogP contribution is 2.35. The number of aromatic nitrogens is 1. The van der Waals surface area contributed by atoms with Crippen LogP contribution in [0.5, 0.6) is 5.75 Å². The summed E-state index contributed by atoms with van der Waals surface area (Å²) in [6, 6.07) is 3.71. The van der Waals surface area contributed by atoms with Gasteiger partial charge in [-0.15, -0.1) is 11.3 Å². The molecule has 0 amide bonds. The average Bonchev–Trinajstić information content (AvgIpc) is 2.82. The Morgan fingerprint density at radius 3 is 2.89 bits per heavy atom. The zero-order valence-corrected chi connectivity index (χ0v) is 11.6. The van der Waals surface area contributed by atoms with Crippen LogP contribution in [0.25, 0.3) is 11.3 Å². The molecule has 18 heavy (non-hydrogen) atoms. The minimum absolute atomic E-state index is 0.448. The van der Waals surface area contributed by atoms with Gasteiger partial charge < -0.3 is 4.74 Å². The minimum atomic E-state index is 0.448. The molecule has 0 spiro atoms. The van der Waals surface area contributed by atoms with Crippen molar-refractivity contribution in [1.82, 2.24) is 4.98 Å². The molecule has 5 heteroatoms. The Kier molecular flexibility index (Phi) is 3.99. The summed E-state index contributed by atoms with van der Waals surface area (Å²) in [4.78, 5) is 14.9. The number of hydrogen-bond donors (Lipinski definition) is 0. The lowest BCUT2D eigenvalue weighted by molar-refractivity contribution is 0.112. The van der Waals surface area contributed by atoms with Gasteiger partial charge in [0.2, 0.25) is 0 Å². The number of aldehydes is 1. The molecule has 2 rings (SSSR count). The van der Waals surface area contributed by atoms with E-state index < -0.39 is 0 Å². The molecule has 0 saturated carbocycles. The first kappa shape index (κ1) is 13.1. The van der Waals surface area contributed by atoms with E-state index in [4.69, 9.17) is 16.3 Å². The first-order valence-electron chi connectivity index (χ1n) is 5.49. The fourth-order valence-electron chi connectivity index (χ4n) is 1.60. The predicted octanol–water partition coefficient (Wildman–Crippen LogP) is 3.98. The van der Waals surface area contributed by atoms with E-state index in [1.165, 1.54) is 11.3 Å². The summed E-state index contributed by atoms with van der Waals surface area (Å²) in [7, 11) is 0. The van der Waals surface area contributed by atoms with Gasteiger partial charge in [0.25, 0.3) is 0 Å². The second kappa shape index (κ2) is 5.50. The van der Waals surface area contributed by atoms with E-state index >= 15 is 0 Å². The molecule has 3 nitrogen and oxygen atoms in total. The minimum Gasteiger partial charge on any atom is -0.493 e. The Morgan fingerprint density at radius 2 is 2.28 bits per heavy atom. The molecule has 0 N–H and O–H groups in total. The number of thiazole rings is 1. The lowest BCUT2D eigenvalue weighted by Gasteiger charge is -2.10. The molecule has 0 aliphatic carbocycles. The normalized spacial score (nSPS) is 10.4. The monoisotopic (exact) mass is 281 g/mol. The van der Waals surface area contributed by atoms with E-state index in [1.807, 2.05) is 31.4 Å². The average molecular weight is 282 g/mol. The van der Waals surface area contributed by atoms with Crippen LogP contribution in [0.2, 0.25) is 5.02 Å². The zero-order chi connectivity index (χ0) is 13.1. The van der Waals surface area contributed by atoms with Crippen molar-refractivity contribution in [2.75, 3.05) is 6.61 Å². The molecule has 0 radical (unpaired) electrons. The molecule has 0 aliphatic heterocycles. The fraction of sp³-hybridized carbons (Fsp3) is 0.231. The Hall–Kier alpha value is -1.39. The number of halogens is 1. The van der Waals surface area contributed by atoms with E-state index in [2.05, 4.69) is 4.98 Å². The molecule has 0 saturated heterocycles. The molecule has 0 unspecified atom stereocenters. The first-order chi connectivity index (χ1) is 8.65. The van der Waals surface area contributed by atoms with Gasteiger partial charge in [0, 0.05) is 16.0 Å². The van der Waals surface area contributed by atoms with Crippen molar-refractivity contribution >= 4 is 29.2 Å². The van der Waals surface area contributed by atoms with Crippen molar-refractivity contribution < 1.29 is 9.53 Å². The molecule has 1 heterocycles. The van der Waals surface area contributed by atoms with Crippen molar-refractivity contribution in [2.24, 2.45) is 0 Å². The molecule has 0 fully saturated rings. The summed E-state index contributed by atoms with van der Waals surface area (Å²) in [6.45, 7) is 4.41. The lowest BCUT2D eigenvalue weighted by Crippen LogP contribution is -1.95. The van der Waals surface area contributed by atoms with Gasteiger partial charge in [-0.05, 0) is 31.5 Å². The highest BCUT2D eigenvalue weighted by molar-refractivity contribution is 7.11. The number of hydrogen-bond acceptors (Lipinski definition) is 4. The smallest absolute Gasteiger partial charge is 0.178 e. The van der Waals surface area contributed by atoms with Crippen LogP contribution in [-0.4, -0.2) is 17.9 Å². The number of aryl methyl sites for hydroxylation is 1. The SMILES string of the molecule is CCOc1cc(C)c(Cl)cc1-c1csc(C=O)n1. The number of rotatable bonds is 4. The molecular formula is C13H12ClNO2S. The highest BCUT2D eigenvalue weighted by atomic mass is 35.5. The number of ether oxygens (including phenoxy) is 1. The van der Waals surface area contributed by atoms with Crippen molar-refractivity contribution in [3.05, 3.63) is 33.1 Å². The van der Waals surface area contributed by atoms with Crippen LogP contribution in [0.4, 0.5) is 0 Å². The van der Waals surface area contributed by atoms with Crippen LogP contribution in [0.3, 0.4) is 0 Å². The Bertz CT molecular complexity index is 580. The van der Waals surface area contributed by atoms with Gasteiger partial charge in [0.05, 0.1) is 12.3 Å². The van der Waals surface area contributed by atoms with Crippen molar-refractivity contribution in [3.63, 3.8) is 0 Å². The Labute approximate surface area is 114 Å². The molecule has 94 valence electrons. The molecular weight excluding hydrogens is 270 g/mol. The van der Waals surface area contributed by atoms with Gasteiger partial charge >= 0.3 is 0 Å². The second-order valence-corrected chi connectivity index (χ2v) is 5.02. The summed E-state index contributed by atoms with van der Waals surface area (Å²) in [5.41, 5.74) is 2.49. The summed E-state index contributed by atoms with van der Waals surface area (Å²) in [5.74, 6) is 0.738. The second-order valence-electron chi connectivity index (χ2n) is 3.72. The van der Waals surface area contributed by atoms with Gasteiger partial charge in [-0.25, -0.2) is 4.98 Å². The Balaban J connectivity index is 2.53. The van der Waals surface area contributed by atoms with Gasteiger partial charge in [-0.2, -0.15) is 0 Å². The van der Waals surface area contributed by atoms with Crippen LogP contribution >= 0.6 is 22.9 Å². The van der Waals surface area contributed by atoms with E-state index in [-0.39, 0.29) is 0 Å². The summed E-state index contributed by atoms with van der Waals surface area (Å²) >= 11 is 7.43. The molecule has 0 atom stereocenters. The summed E-state index contributed by atoms with van der Waals surface area (Å²) in [5, 5.41) is 2.94. The third-order valence-corrected chi connectivity index (χ3v) is 3.64. The number of carbonyl (C=O) groups is 1. The maximum absolute atomic E-state index is 10.7. The van der Waals surface area contributed by atoms with Gasteiger partial charge in [0.1, 0.15) is 5.75 Å². The van der Waals surface area contributed by atoms with Gasteiger partial charge in [0.15, 0.2) is 11.3 Å². The number of nitrogens with zero attached hydrogens (tertiary/aromatic N) is 1. The summed E-state index contributed by atoms with van der Waals surface area (Å²) < 4.78 is 5.59. The highest BCUT2D eigenvalue weighted by Gasteiger charge is 2.12. The standard InChI is InChI=1S/C13H12ClNO2S/c1-3-17-12-4-8(2)10(14)5-9(12)11-7-18-13(6-16)15-11/h4-7H,3H2,1-2H3. The van der Waals surface area contributed by atoms with E-state index in [0.717, 1.165) is 23.2 Å². The molecule has 2 aromatic rings. The van der Waals surface area contributed by atoms with Crippen LogP contribution in [0.1, 0.15) is 22.3 Å². The number of benzene rings is 1. The summed E-state index contributed by atoms with van der Waals surface area (Å²) in [6.07, 6.45) is 0.740. The van der Waals surface area contributed by atoms with E-state index in [0.29, 0.717) is 22.3 Å². The lowest BCUT2D eigenvalue weighted by atomic mass is 10.1. The zero-order valence-electron chi connectivity index (χ0n) is 10.1. The van der Waals surface area contributed by atoms with Crippen LogP contribution in [0, 0.1) is 6.92 Å². The molecule has 0 aliphatic rings. The van der Waals surface area contributed by atoms with Gasteiger partial charge in [-0.1, -0.05) is 11.6 Å². The van der Waals surface area contributed by atoms with Gasteiger partial charge in [-0.3, -0.25) is 4.79 Å². The topological polar surface area (TPSA) is 39.2 Å². The van der Waals surface area contributed by atoms with Crippen LogP contribution in [-0.2, 0) is 0 Å². The van der Waals surface area contributed by atoms with E-state index in [9.17, 15) is 4.79 Å². The Morgan fingerprint density at radius 1 is 1.50 bits per heavy atom. The number of carbonyl (C=O) groups excluding carboxylic acids is 1. The maximum Gasteiger partial charge on any atom is 0.178 e. The predicted molar refractivity (Wildman–Crippen MR) is 73.9 cm³/mol. The van der Waals surface area contributed by atoms with Crippen LogP contribution in [0.15, 0.2) is 17.5 Å². The molecule has 0 bridgehead atoms. The van der Waals surface area contributed by atoms with E-state index in [1.54, 1.807) is 0 Å². The van der Waals surface area contributed by atoms with Crippen molar-refractivity contribution in [3.8, 4) is 17.0 Å². The maximum atomic E-state index is 10.7. The van der Waals surface area contributed by atoms with Crippen molar-refractivity contribution in [2.45, 2.75) is 13.8 Å². The quantitative estimate of drug-likeness (QED) is 0.796. The fourth-order valence-corrected chi connectivity index (χ4v) is 2.38. The van der Waals surface area contributed by atoms with Crippen LogP contribution < -0.4 is 4.74 Å². The largest absolute Gasteiger partial charge is 0.493 e.